The number of thioether (sulfide) groups is 2. The Bertz CT molecular complexity index is 1250. The van der Waals surface area contributed by atoms with Crippen LogP contribution in [0.2, 0.25) is 0 Å². The zero-order valence-corrected chi connectivity index (χ0v) is 19.8. The number of aliphatic carboxylic acids is 1. The number of nitrogens with zero attached hydrogens (tertiary/aromatic N) is 4. The molecule has 0 aromatic carbocycles. The molecule has 0 bridgehead atoms. The van der Waals surface area contributed by atoms with E-state index < -0.39 is 40.4 Å². The van der Waals surface area contributed by atoms with Crippen molar-refractivity contribution in [2.24, 2.45) is 0 Å². The maximum absolute atomic E-state index is 12.7. The minimum atomic E-state index is -4.62. The molecule has 0 radical (unpaired) electrons. The van der Waals surface area contributed by atoms with Crippen LogP contribution in [0.1, 0.15) is 10.7 Å². The number of thiazole rings is 1. The molecule has 0 aliphatic carbocycles. The quantitative estimate of drug-likeness (QED) is 0.224. The van der Waals surface area contributed by atoms with Gasteiger partial charge in [0.25, 0.3) is 5.91 Å². The molecular formula is C16H13F3N6O5S4. The average Bonchev–Trinajstić information content (AvgIpc) is 3.37. The standard InChI is InChI=1S/C16H13F3N6O5S4/c17-16(18,19)13-22-23-15(34-13)33-3-5-2-31-11-8(10(27)24(11)9(5)12(28)29)21-7(26)1-6-4-32-14(20)25(6)30/h4,8,11,20,30H,1-3H2,(H,21,26)(H,28,29)/t8?,11-/m1/s1. The van der Waals surface area contributed by atoms with E-state index in [-0.39, 0.29) is 38.5 Å². The van der Waals surface area contributed by atoms with Crippen LogP contribution in [-0.4, -0.2) is 70.8 Å². The van der Waals surface area contributed by atoms with Crippen molar-refractivity contribution in [1.29, 1.82) is 5.41 Å². The first-order valence-electron chi connectivity index (χ1n) is 9.13. The molecule has 2 aliphatic rings. The Kier molecular flexibility index (Phi) is 6.67. The van der Waals surface area contributed by atoms with Crippen molar-refractivity contribution in [3.8, 4) is 0 Å². The molecule has 2 aromatic heterocycles. The number of hydrogen-bond donors (Lipinski definition) is 4. The summed E-state index contributed by atoms with van der Waals surface area (Å²) in [6.45, 7) is 0. The van der Waals surface area contributed by atoms with Crippen LogP contribution in [0.3, 0.4) is 0 Å². The fourth-order valence-corrected chi connectivity index (χ4v) is 7.04. The SMILES string of the molecule is N=c1scc(CC(=O)NC2C(=O)N3C(C(=O)O)=C(CSc4nnc(C(F)(F)F)s4)CS[C@H]23)n1O. The third kappa shape index (κ3) is 4.66. The first-order chi connectivity index (χ1) is 16.0. The molecule has 34 heavy (non-hydrogen) atoms. The fourth-order valence-electron chi connectivity index (χ4n) is 3.19. The van der Waals surface area contributed by atoms with Crippen LogP contribution in [-0.2, 0) is 27.0 Å². The Morgan fingerprint density at radius 1 is 1.35 bits per heavy atom. The van der Waals surface area contributed by atoms with E-state index in [1.54, 1.807) is 0 Å². The molecule has 18 heteroatoms. The van der Waals surface area contributed by atoms with Crippen molar-refractivity contribution in [3.05, 3.63) is 32.2 Å². The van der Waals surface area contributed by atoms with Gasteiger partial charge in [-0.25, -0.2) is 4.79 Å². The summed E-state index contributed by atoms with van der Waals surface area (Å²) < 4.78 is 38.6. The van der Waals surface area contributed by atoms with Gasteiger partial charge in [0.1, 0.15) is 17.1 Å². The third-order valence-corrected chi connectivity index (χ3v) is 9.01. The Morgan fingerprint density at radius 2 is 2.09 bits per heavy atom. The first kappa shape index (κ1) is 24.6. The van der Waals surface area contributed by atoms with Gasteiger partial charge in [-0.15, -0.1) is 33.3 Å². The van der Waals surface area contributed by atoms with E-state index in [1.165, 1.54) is 17.1 Å². The predicted octanol–water partition coefficient (Wildman–Crippen LogP) is 1.21. The third-order valence-electron chi connectivity index (χ3n) is 4.70. The van der Waals surface area contributed by atoms with Crippen LogP contribution in [0.25, 0.3) is 0 Å². The summed E-state index contributed by atoms with van der Waals surface area (Å²) in [4.78, 5) is 37.7. The number of carboxylic acids is 1. The minimum absolute atomic E-state index is 0.00123. The molecular weight excluding hydrogens is 541 g/mol. The second kappa shape index (κ2) is 9.23. The molecule has 0 saturated carbocycles. The Morgan fingerprint density at radius 3 is 2.68 bits per heavy atom. The lowest BCUT2D eigenvalue weighted by Gasteiger charge is -2.49. The summed E-state index contributed by atoms with van der Waals surface area (Å²) in [7, 11) is 0. The molecule has 2 aliphatic heterocycles. The molecule has 1 unspecified atom stereocenters. The smallest absolute Gasteiger partial charge is 0.445 e. The summed E-state index contributed by atoms with van der Waals surface area (Å²) >= 11 is 3.37. The minimum Gasteiger partial charge on any atom is -0.477 e. The monoisotopic (exact) mass is 554 g/mol. The molecule has 1 fully saturated rings. The lowest BCUT2D eigenvalue weighted by Crippen LogP contribution is -2.70. The number of carbonyl (C=O) groups excluding carboxylic acids is 2. The lowest BCUT2D eigenvalue weighted by atomic mass is 10.0. The van der Waals surface area contributed by atoms with Gasteiger partial charge in [-0.05, 0) is 5.57 Å². The van der Waals surface area contributed by atoms with E-state index in [0.29, 0.717) is 21.6 Å². The number of halogens is 3. The van der Waals surface area contributed by atoms with Gasteiger partial charge in [0, 0.05) is 16.9 Å². The number of nitrogens with one attached hydrogen (secondary N) is 2. The van der Waals surface area contributed by atoms with E-state index >= 15 is 0 Å². The number of alkyl halides is 3. The van der Waals surface area contributed by atoms with Crippen LogP contribution in [0.15, 0.2) is 21.0 Å². The van der Waals surface area contributed by atoms with Crippen LogP contribution in [0, 0.1) is 5.41 Å². The number of carboxylic acid groups (broad SMARTS) is 1. The van der Waals surface area contributed by atoms with Gasteiger partial charge in [0.2, 0.25) is 15.7 Å². The molecule has 2 aromatic rings. The van der Waals surface area contributed by atoms with Gasteiger partial charge in [-0.1, -0.05) is 23.1 Å². The largest absolute Gasteiger partial charge is 0.477 e. The molecule has 2 atom stereocenters. The number of amides is 2. The van der Waals surface area contributed by atoms with Crippen molar-refractivity contribution in [3.63, 3.8) is 0 Å². The Hall–Kier alpha value is -2.57. The zero-order valence-electron chi connectivity index (χ0n) is 16.5. The van der Waals surface area contributed by atoms with Gasteiger partial charge >= 0.3 is 12.1 Å². The summed E-state index contributed by atoms with van der Waals surface area (Å²) in [6, 6.07) is -0.972. The van der Waals surface area contributed by atoms with Crippen molar-refractivity contribution < 1.29 is 37.9 Å². The molecule has 2 amide bonds. The van der Waals surface area contributed by atoms with E-state index in [9.17, 15) is 37.9 Å². The number of carbonyl (C=O) groups is 3. The Labute approximate surface area is 204 Å². The molecule has 4 heterocycles. The van der Waals surface area contributed by atoms with Crippen molar-refractivity contribution in [1.82, 2.24) is 25.1 Å². The van der Waals surface area contributed by atoms with E-state index in [4.69, 9.17) is 5.41 Å². The summed E-state index contributed by atoms with van der Waals surface area (Å²) in [5.41, 5.74) is 0.239. The van der Waals surface area contributed by atoms with E-state index in [0.717, 1.165) is 28.0 Å². The van der Waals surface area contributed by atoms with E-state index in [1.807, 2.05) is 0 Å². The van der Waals surface area contributed by atoms with Crippen LogP contribution >= 0.6 is 46.2 Å². The van der Waals surface area contributed by atoms with Gasteiger partial charge in [-0.2, -0.15) is 17.9 Å². The second-order valence-corrected chi connectivity index (χ2v) is 11.1. The predicted molar refractivity (Wildman–Crippen MR) is 114 cm³/mol. The molecule has 4 N–H and O–H groups in total. The first-order valence-corrected chi connectivity index (χ1v) is 12.9. The number of hydrogen-bond acceptors (Lipinski definition) is 11. The van der Waals surface area contributed by atoms with Crippen molar-refractivity contribution in [2.45, 2.75) is 28.4 Å². The summed E-state index contributed by atoms with van der Waals surface area (Å²) in [5.74, 6) is -2.40. The zero-order chi connectivity index (χ0) is 24.8. The number of rotatable bonds is 7. The molecule has 11 nitrogen and oxygen atoms in total. The number of β-lactam (4-membered cyclic amide) rings is 1. The van der Waals surface area contributed by atoms with E-state index in [2.05, 4.69) is 15.5 Å². The number of fused-ring (bicyclic) bond motifs is 1. The molecule has 1 saturated heterocycles. The fraction of sp³-hybridized carbons (Fsp3) is 0.375. The van der Waals surface area contributed by atoms with Crippen LogP contribution in [0.5, 0.6) is 0 Å². The van der Waals surface area contributed by atoms with Gasteiger partial charge in [-0.3, -0.25) is 19.9 Å². The average molecular weight is 555 g/mol. The summed E-state index contributed by atoms with van der Waals surface area (Å²) in [5, 5.41) is 35.5. The van der Waals surface area contributed by atoms with Gasteiger partial charge in [0.05, 0.1) is 12.1 Å². The highest BCUT2D eigenvalue weighted by Crippen LogP contribution is 2.42. The van der Waals surface area contributed by atoms with Crippen molar-refractivity contribution in [2.75, 3.05) is 11.5 Å². The molecule has 4 rings (SSSR count). The second-order valence-electron chi connectivity index (χ2n) is 6.89. The maximum Gasteiger partial charge on any atom is 0.445 e. The molecule has 0 spiro atoms. The van der Waals surface area contributed by atoms with Gasteiger partial charge < -0.3 is 15.6 Å². The van der Waals surface area contributed by atoms with Gasteiger partial charge in [0.15, 0.2) is 4.34 Å². The Balaban J connectivity index is 1.43. The van der Waals surface area contributed by atoms with Crippen molar-refractivity contribution >= 4 is 64.0 Å². The maximum atomic E-state index is 12.7. The molecule has 182 valence electrons. The summed E-state index contributed by atoms with van der Waals surface area (Å²) in [6.07, 6.45) is -4.90. The van der Waals surface area contributed by atoms with Crippen LogP contribution in [0.4, 0.5) is 13.2 Å². The topological polar surface area (TPSA) is 162 Å². The highest BCUT2D eigenvalue weighted by molar-refractivity contribution is 8.01. The lowest BCUT2D eigenvalue weighted by molar-refractivity contribution is -0.150. The normalized spacial score (nSPS) is 20.2. The van der Waals surface area contributed by atoms with Crippen LogP contribution < -0.4 is 10.1 Å². The highest BCUT2D eigenvalue weighted by atomic mass is 32.2. The highest BCUT2D eigenvalue weighted by Gasteiger charge is 2.54. The number of aromatic nitrogens is 3.